The Morgan fingerprint density at radius 3 is 1.25 bits per heavy atom. The Morgan fingerprint density at radius 2 is 1.12 bits per heavy atom. The Hall–Kier alpha value is -1.06. The van der Waals surface area contributed by atoms with Gasteiger partial charge in [0.05, 0.1) is 0 Å². The van der Waals surface area contributed by atoms with Crippen LogP contribution < -0.4 is 0 Å². The summed E-state index contributed by atoms with van der Waals surface area (Å²) in [5.74, 6) is 0. The summed E-state index contributed by atoms with van der Waals surface area (Å²) in [6, 6.07) is 0. The molecular weight excluding hydrogens is 118 g/mol. The van der Waals surface area contributed by atoms with Crippen LogP contribution in [0.5, 0.6) is 0 Å². The summed E-state index contributed by atoms with van der Waals surface area (Å²) >= 11 is 0. The first kappa shape index (κ1) is 10.0. The third kappa shape index (κ3) is 3.14. The average molecular weight is 124 g/mol. The van der Waals surface area contributed by atoms with Crippen LogP contribution in [0, 0.1) is 0 Å². The average Bonchev–Trinajstić information content (AvgIpc) is 1.72. The first-order chi connectivity index (χ1) is 3.00. The van der Waals surface area contributed by atoms with Gasteiger partial charge in [-0.2, -0.15) is 0 Å². The minimum Gasteiger partial charge on any atom is -0.299 e. The Balaban J connectivity index is 0. The van der Waals surface area contributed by atoms with Gasteiger partial charge in [0.2, 0.25) is 0 Å². The molecule has 0 amide bonds. The maximum Gasteiger partial charge on any atom is 0.142 e. The molecule has 0 atom stereocenters. The van der Waals surface area contributed by atoms with Gasteiger partial charge >= 0.3 is 0 Å². The Morgan fingerprint density at radius 1 is 0.750 bits per heavy atom. The summed E-state index contributed by atoms with van der Waals surface area (Å²) in [5, 5.41) is 0. The second-order valence-corrected chi connectivity index (χ2v) is 0.850. The third-order valence-electron chi connectivity index (χ3n) is 0.435. The Kier molecular flexibility index (Phi) is 7.45. The zero-order valence-electron chi connectivity index (χ0n) is 3.94. The second kappa shape index (κ2) is 5.94. The van der Waals surface area contributed by atoms with E-state index >= 15 is 0 Å². The summed E-state index contributed by atoms with van der Waals surface area (Å²) in [6.07, 6.45) is 6.40. The van der Waals surface area contributed by atoms with Gasteiger partial charge in [0.25, 0.3) is 0 Å². The van der Waals surface area contributed by atoms with Gasteiger partial charge < -0.3 is 0 Å². The van der Waals surface area contributed by atoms with Crippen molar-refractivity contribution in [1.82, 2.24) is 0 Å². The molecule has 0 bridgehead atoms. The smallest absolute Gasteiger partial charge is 0.142 e. The number of halogens is 2. The molecule has 1 rings (SSSR count). The van der Waals surface area contributed by atoms with E-state index < -0.39 is 0 Å². The van der Waals surface area contributed by atoms with Crippen molar-refractivity contribution in [3.05, 3.63) is 24.7 Å². The van der Waals surface area contributed by atoms with E-state index in [1.54, 1.807) is 12.2 Å². The van der Waals surface area contributed by atoms with Crippen LogP contribution in [0.25, 0.3) is 0 Å². The molecule has 1 aliphatic rings. The highest BCUT2D eigenvalue weighted by Crippen LogP contribution is 1.89. The minimum atomic E-state index is 0. The molecule has 8 heavy (non-hydrogen) atoms. The van der Waals surface area contributed by atoms with Gasteiger partial charge in [-0.3, -0.25) is 19.2 Å². The van der Waals surface area contributed by atoms with E-state index in [2.05, 4.69) is 9.78 Å². The van der Waals surface area contributed by atoms with Crippen molar-refractivity contribution in [3.8, 4) is 0 Å². The maximum atomic E-state index is 4.30. The summed E-state index contributed by atoms with van der Waals surface area (Å²) in [5.41, 5.74) is 0. The third-order valence-corrected chi connectivity index (χ3v) is 0.435. The summed E-state index contributed by atoms with van der Waals surface area (Å²) in [6.45, 7) is 0. The van der Waals surface area contributed by atoms with Crippen LogP contribution in [-0.2, 0) is 9.78 Å². The van der Waals surface area contributed by atoms with E-state index in [0.29, 0.717) is 0 Å². The molecule has 0 aliphatic carbocycles. The van der Waals surface area contributed by atoms with Crippen LogP contribution in [0.4, 0.5) is 9.41 Å². The SMILES string of the molecule is C1=COOC=C1.F.F. The monoisotopic (exact) mass is 124 g/mol. The predicted molar refractivity (Wildman–Crippen MR) is 25.5 cm³/mol. The van der Waals surface area contributed by atoms with E-state index in [4.69, 9.17) is 0 Å². The van der Waals surface area contributed by atoms with Crippen LogP contribution in [0.3, 0.4) is 0 Å². The largest absolute Gasteiger partial charge is 0.299 e. The van der Waals surface area contributed by atoms with Gasteiger partial charge in [0.15, 0.2) is 0 Å². The highest BCUT2D eigenvalue weighted by atomic mass is 19.0. The molecule has 0 N–H and O–H groups in total. The summed E-state index contributed by atoms with van der Waals surface area (Å²) in [7, 11) is 0. The van der Waals surface area contributed by atoms with Gasteiger partial charge in [-0.1, -0.05) is 0 Å². The van der Waals surface area contributed by atoms with Gasteiger partial charge in [-0.15, -0.1) is 0 Å². The molecule has 0 fully saturated rings. The standard InChI is InChI=1S/C4H4O2.2FH/c1-2-4-6-5-3-1;;/h1-4H;2*1H. The summed E-state index contributed by atoms with van der Waals surface area (Å²) < 4.78 is 0. The van der Waals surface area contributed by atoms with Crippen molar-refractivity contribution in [3.63, 3.8) is 0 Å². The van der Waals surface area contributed by atoms with E-state index in [-0.39, 0.29) is 9.41 Å². The van der Waals surface area contributed by atoms with Crippen molar-refractivity contribution in [1.29, 1.82) is 0 Å². The highest BCUT2D eigenvalue weighted by molar-refractivity contribution is 4.97. The molecule has 2 nitrogen and oxygen atoms in total. The summed E-state index contributed by atoms with van der Waals surface area (Å²) in [4.78, 5) is 8.60. The molecule has 48 valence electrons. The van der Waals surface area contributed by atoms with Crippen LogP contribution in [0.1, 0.15) is 0 Å². The fraction of sp³-hybridized carbons (Fsp3) is 0. The van der Waals surface area contributed by atoms with Crippen molar-refractivity contribution >= 4 is 0 Å². The molecule has 0 spiro atoms. The van der Waals surface area contributed by atoms with Crippen molar-refractivity contribution in [2.75, 3.05) is 0 Å². The van der Waals surface area contributed by atoms with Crippen molar-refractivity contribution < 1.29 is 19.2 Å². The van der Waals surface area contributed by atoms with Gasteiger partial charge in [0, 0.05) is 0 Å². The number of hydrogen-bond donors (Lipinski definition) is 0. The molecular formula is C4H6F2O2. The zero-order chi connectivity index (χ0) is 4.24. The quantitative estimate of drug-likeness (QED) is 0.453. The van der Waals surface area contributed by atoms with E-state index in [9.17, 15) is 0 Å². The zero-order valence-corrected chi connectivity index (χ0v) is 3.94. The molecule has 0 aromatic rings. The first-order valence-corrected chi connectivity index (χ1v) is 1.64. The predicted octanol–water partition coefficient (Wildman–Crippen LogP) is 1.28. The fourth-order valence-electron chi connectivity index (χ4n) is 0.219. The maximum absolute atomic E-state index is 4.30. The van der Waals surface area contributed by atoms with Gasteiger partial charge in [-0.05, 0) is 12.2 Å². The second-order valence-electron chi connectivity index (χ2n) is 0.850. The van der Waals surface area contributed by atoms with Crippen LogP contribution in [0.15, 0.2) is 24.7 Å². The van der Waals surface area contributed by atoms with E-state index in [0.717, 1.165) is 0 Å². The van der Waals surface area contributed by atoms with Gasteiger partial charge in [-0.25, -0.2) is 0 Å². The van der Waals surface area contributed by atoms with Crippen LogP contribution in [0.2, 0.25) is 0 Å². The lowest BCUT2D eigenvalue weighted by Crippen LogP contribution is -1.78. The normalized spacial score (nSPS) is 12.0. The number of hydrogen-bond acceptors (Lipinski definition) is 2. The topological polar surface area (TPSA) is 18.5 Å². The lowest BCUT2D eigenvalue weighted by atomic mass is 10.6. The molecule has 0 saturated carbocycles. The lowest BCUT2D eigenvalue weighted by Gasteiger charge is -1.94. The van der Waals surface area contributed by atoms with Crippen molar-refractivity contribution in [2.45, 2.75) is 0 Å². The molecule has 0 aromatic carbocycles. The molecule has 0 saturated heterocycles. The fourth-order valence-corrected chi connectivity index (χ4v) is 0.219. The molecule has 0 aromatic heterocycles. The first-order valence-electron chi connectivity index (χ1n) is 1.64. The van der Waals surface area contributed by atoms with E-state index in [1.807, 2.05) is 0 Å². The van der Waals surface area contributed by atoms with Crippen LogP contribution >= 0.6 is 0 Å². The molecule has 1 aliphatic heterocycles. The van der Waals surface area contributed by atoms with Crippen LogP contribution in [-0.4, -0.2) is 0 Å². The molecule has 0 radical (unpaired) electrons. The van der Waals surface area contributed by atoms with Crippen molar-refractivity contribution in [2.24, 2.45) is 0 Å². The van der Waals surface area contributed by atoms with Gasteiger partial charge in [0.1, 0.15) is 12.5 Å². The lowest BCUT2D eigenvalue weighted by molar-refractivity contribution is -0.198. The number of allylic oxidation sites excluding steroid dienone is 2. The Bertz CT molecular complexity index is 78.0. The molecule has 1 heterocycles. The minimum absolute atomic E-state index is 0. The molecule has 4 heteroatoms. The van der Waals surface area contributed by atoms with E-state index in [1.165, 1.54) is 12.5 Å². The Labute approximate surface area is 45.1 Å². The molecule has 0 unspecified atom stereocenters. The number of rotatable bonds is 0. The highest BCUT2D eigenvalue weighted by Gasteiger charge is 1.75.